The maximum Gasteiger partial charge on any atom is 0.279 e. The van der Waals surface area contributed by atoms with Gasteiger partial charge in [-0.25, -0.2) is 0 Å². The Balaban J connectivity index is 3.04. The first-order valence-corrected chi connectivity index (χ1v) is 2.41. The molecule has 0 atom stereocenters. The molecule has 0 aliphatic rings. The fourth-order valence-corrected chi connectivity index (χ4v) is 0.517. The fraction of sp³-hybridized carbons (Fsp3) is 0. The van der Waals surface area contributed by atoms with Crippen molar-refractivity contribution in [1.29, 1.82) is 0 Å². The molecule has 1 rings (SSSR count). The van der Waals surface area contributed by atoms with Crippen molar-refractivity contribution in [3.8, 4) is 0 Å². The number of halogens is 2. The van der Waals surface area contributed by atoms with E-state index in [1.54, 1.807) is 0 Å². The highest BCUT2D eigenvalue weighted by atomic mass is 79.9. The summed E-state index contributed by atoms with van der Waals surface area (Å²) in [4.78, 5) is 0. The summed E-state index contributed by atoms with van der Waals surface area (Å²) in [5, 5.41) is 0. The lowest BCUT2D eigenvalue weighted by Crippen LogP contribution is -1.50. The van der Waals surface area contributed by atoms with Crippen LogP contribution in [0.2, 0.25) is 0 Å². The van der Waals surface area contributed by atoms with Crippen LogP contribution >= 0.6 is 15.9 Å². The monoisotopic (exact) mass is 163 g/mol. The van der Waals surface area contributed by atoms with Gasteiger partial charge in [0.05, 0.1) is 4.47 Å². The number of furan rings is 1. The van der Waals surface area contributed by atoms with Crippen molar-refractivity contribution in [2.75, 3.05) is 0 Å². The zero-order chi connectivity index (χ0) is 5.28. The summed E-state index contributed by atoms with van der Waals surface area (Å²) in [5.74, 6) is 0. The molecule has 1 aromatic heterocycles. The first-order chi connectivity index (χ1) is 3.29. The fourth-order valence-electron chi connectivity index (χ4n) is 0.256. The molecule has 0 saturated heterocycles. The van der Waals surface area contributed by atoms with Gasteiger partial charge in [0.15, 0.2) is 6.26 Å². The van der Waals surface area contributed by atoms with Crippen LogP contribution in [0.3, 0.4) is 0 Å². The summed E-state index contributed by atoms with van der Waals surface area (Å²) in [5.41, 5.74) is 0. The predicted molar refractivity (Wildman–Crippen MR) is 25.2 cm³/mol. The summed E-state index contributed by atoms with van der Waals surface area (Å²) in [6.07, 6.45) is 2.23. The maximum absolute atomic E-state index is 11.7. The highest BCUT2D eigenvalue weighted by Gasteiger charge is 1.93. The summed E-state index contributed by atoms with van der Waals surface area (Å²) < 4.78 is 16.3. The molecule has 1 radical (unpaired) electrons. The van der Waals surface area contributed by atoms with Crippen molar-refractivity contribution in [3.63, 3.8) is 0 Å². The SMILES string of the molecule is Fc1cc(Br)[c]o1. The van der Waals surface area contributed by atoms with Crippen LogP contribution in [0.15, 0.2) is 15.0 Å². The van der Waals surface area contributed by atoms with Crippen LogP contribution in [0.4, 0.5) is 4.39 Å². The van der Waals surface area contributed by atoms with Gasteiger partial charge in [0.2, 0.25) is 0 Å². The van der Waals surface area contributed by atoms with E-state index in [1.165, 1.54) is 6.07 Å². The van der Waals surface area contributed by atoms with E-state index in [4.69, 9.17) is 0 Å². The lowest BCUT2D eigenvalue weighted by molar-refractivity contribution is 0.354. The summed E-state index contributed by atoms with van der Waals surface area (Å²) in [6, 6.07) is 0.576. The van der Waals surface area contributed by atoms with Crippen molar-refractivity contribution >= 4 is 15.9 Å². The molecule has 0 bridgehead atoms. The van der Waals surface area contributed by atoms with Gasteiger partial charge in [0, 0.05) is 6.07 Å². The number of rotatable bonds is 0. The van der Waals surface area contributed by atoms with E-state index in [9.17, 15) is 4.39 Å². The molecular weight excluding hydrogens is 163 g/mol. The van der Waals surface area contributed by atoms with E-state index in [0.29, 0.717) is 4.47 Å². The molecule has 0 spiro atoms. The van der Waals surface area contributed by atoms with Crippen LogP contribution in [0.25, 0.3) is 0 Å². The molecule has 0 fully saturated rings. The van der Waals surface area contributed by atoms with E-state index in [1.807, 2.05) is 0 Å². The van der Waals surface area contributed by atoms with Crippen LogP contribution in [0.5, 0.6) is 0 Å². The van der Waals surface area contributed by atoms with Crippen molar-refractivity contribution in [3.05, 3.63) is 22.8 Å². The first kappa shape index (κ1) is 4.84. The minimum atomic E-state index is -0.619. The Morgan fingerprint density at radius 2 is 2.57 bits per heavy atom. The third kappa shape index (κ3) is 1.03. The van der Waals surface area contributed by atoms with Gasteiger partial charge >= 0.3 is 0 Å². The van der Waals surface area contributed by atoms with E-state index in [0.717, 1.165) is 0 Å². The third-order valence-electron chi connectivity index (χ3n) is 0.486. The van der Waals surface area contributed by atoms with Crippen LogP contribution in [0.1, 0.15) is 0 Å². The van der Waals surface area contributed by atoms with Crippen LogP contribution in [0, 0.1) is 12.3 Å². The van der Waals surface area contributed by atoms with Gasteiger partial charge in [0.1, 0.15) is 0 Å². The molecule has 1 heterocycles. The van der Waals surface area contributed by atoms with Gasteiger partial charge < -0.3 is 4.42 Å². The second-order valence-electron chi connectivity index (χ2n) is 1.00. The molecule has 1 aromatic rings. The Hall–Kier alpha value is -0.310. The molecule has 37 valence electrons. The normalized spacial score (nSPS) is 9.43. The molecule has 0 aromatic carbocycles. The molecular formula is C4HBrFO. The van der Waals surface area contributed by atoms with Gasteiger partial charge in [-0.2, -0.15) is 4.39 Å². The maximum atomic E-state index is 11.7. The van der Waals surface area contributed by atoms with Gasteiger partial charge in [-0.1, -0.05) is 0 Å². The minimum Gasteiger partial charge on any atom is -0.426 e. The molecule has 0 N–H and O–H groups in total. The topological polar surface area (TPSA) is 13.1 Å². The first-order valence-electron chi connectivity index (χ1n) is 1.61. The van der Waals surface area contributed by atoms with Gasteiger partial charge in [-0.15, -0.1) is 0 Å². The minimum absolute atomic E-state index is 0.505. The average Bonchev–Trinajstić information content (AvgIpc) is 1.87. The second kappa shape index (κ2) is 1.66. The average molecular weight is 164 g/mol. The van der Waals surface area contributed by atoms with Gasteiger partial charge in [0.25, 0.3) is 6.01 Å². The predicted octanol–water partition coefficient (Wildman–Crippen LogP) is 1.98. The molecule has 7 heavy (non-hydrogen) atoms. The van der Waals surface area contributed by atoms with Crippen molar-refractivity contribution in [1.82, 2.24) is 0 Å². The number of hydrogen-bond donors (Lipinski definition) is 0. The smallest absolute Gasteiger partial charge is 0.279 e. The Kier molecular flexibility index (Phi) is 1.15. The lowest BCUT2D eigenvalue weighted by atomic mass is 10.7. The Bertz CT molecular complexity index is 144. The third-order valence-corrected chi connectivity index (χ3v) is 0.877. The van der Waals surface area contributed by atoms with E-state index in [2.05, 4.69) is 26.6 Å². The number of hydrogen-bond acceptors (Lipinski definition) is 1. The summed E-state index contributed by atoms with van der Waals surface area (Å²) >= 11 is 2.94. The molecule has 1 nitrogen and oxygen atoms in total. The standard InChI is InChI=1S/C4HBrFO/c5-3-1-4(6)7-2-3/h1H. The summed E-state index contributed by atoms with van der Waals surface area (Å²) in [6.45, 7) is 0. The highest BCUT2D eigenvalue weighted by Crippen LogP contribution is 2.10. The Morgan fingerprint density at radius 3 is 2.71 bits per heavy atom. The zero-order valence-electron chi connectivity index (χ0n) is 3.24. The second-order valence-corrected chi connectivity index (χ2v) is 1.85. The largest absolute Gasteiger partial charge is 0.426 e. The van der Waals surface area contributed by atoms with Gasteiger partial charge in [-0.05, 0) is 15.9 Å². The van der Waals surface area contributed by atoms with Crippen molar-refractivity contribution < 1.29 is 8.81 Å². The molecule has 0 saturated carbocycles. The summed E-state index contributed by atoms with van der Waals surface area (Å²) in [7, 11) is 0. The van der Waals surface area contributed by atoms with E-state index >= 15 is 0 Å². The quantitative estimate of drug-likeness (QED) is 0.571. The Labute approximate surface area is 48.3 Å². The van der Waals surface area contributed by atoms with E-state index < -0.39 is 6.01 Å². The van der Waals surface area contributed by atoms with Crippen molar-refractivity contribution in [2.24, 2.45) is 0 Å². The highest BCUT2D eigenvalue weighted by molar-refractivity contribution is 9.10. The molecule has 0 amide bonds. The van der Waals surface area contributed by atoms with E-state index in [-0.39, 0.29) is 0 Å². The molecule has 0 aliphatic carbocycles. The van der Waals surface area contributed by atoms with Gasteiger partial charge in [-0.3, -0.25) is 0 Å². The lowest BCUT2D eigenvalue weighted by Gasteiger charge is -1.62. The zero-order valence-corrected chi connectivity index (χ0v) is 4.83. The van der Waals surface area contributed by atoms with Crippen LogP contribution in [-0.4, -0.2) is 0 Å². The Morgan fingerprint density at radius 1 is 1.86 bits per heavy atom. The molecule has 0 unspecified atom stereocenters. The van der Waals surface area contributed by atoms with Crippen LogP contribution in [-0.2, 0) is 0 Å². The molecule has 3 heteroatoms. The molecule has 0 aliphatic heterocycles. The van der Waals surface area contributed by atoms with Crippen LogP contribution < -0.4 is 0 Å². The van der Waals surface area contributed by atoms with Crippen molar-refractivity contribution in [2.45, 2.75) is 0 Å².